The lowest BCUT2D eigenvalue weighted by atomic mass is 10.1. The first-order valence-corrected chi connectivity index (χ1v) is 7.74. The molecule has 1 N–H and O–H groups in total. The van der Waals surface area contributed by atoms with E-state index in [1.807, 2.05) is 18.7 Å². The highest BCUT2D eigenvalue weighted by molar-refractivity contribution is 7.99. The third-order valence-corrected chi connectivity index (χ3v) is 4.26. The van der Waals surface area contributed by atoms with Gasteiger partial charge in [-0.2, -0.15) is 11.8 Å². The van der Waals surface area contributed by atoms with Crippen LogP contribution in [0.15, 0.2) is 18.2 Å². The van der Waals surface area contributed by atoms with Crippen LogP contribution >= 0.6 is 11.8 Å². The Morgan fingerprint density at radius 1 is 1.45 bits per heavy atom. The van der Waals surface area contributed by atoms with Crippen molar-refractivity contribution in [3.05, 3.63) is 29.6 Å². The molecule has 2 amide bonds. The molecule has 0 saturated carbocycles. The summed E-state index contributed by atoms with van der Waals surface area (Å²) in [5.74, 6) is 1.73. The highest BCUT2D eigenvalue weighted by atomic mass is 32.2. The summed E-state index contributed by atoms with van der Waals surface area (Å²) in [6.07, 6.45) is 0. The highest BCUT2D eigenvalue weighted by Gasteiger charge is 2.19. The van der Waals surface area contributed by atoms with E-state index in [4.69, 9.17) is 4.74 Å². The zero-order chi connectivity index (χ0) is 14.5. The zero-order valence-electron chi connectivity index (χ0n) is 11.7. The molecule has 0 aromatic heterocycles. The summed E-state index contributed by atoms with van der Waals surface area (Å²) in [5, 5.41) is 2.90. The van der Waals surface area contributed by atoms with Crippen LogP contribution in [0.5, 0.6) is 5.75 Å². The maximum atomic E-state index is 13.7. The highest BCUT2D eigenvalue weighted by Crippen LogP contribution is 2.22. The summed E-state index contributed by atoms with van der Waals surface area (Å²) in [7, 11) is 1.43. The van der Waals surface area contributed by atoms with Crippen LogP contribution in [-0.4, -0.2) is 42.6 Å². The fraction of sp³-hybridized carbons (Fsp3) is 0.500. The van der Waals surface area contributed by atoms with Gasteiger partial charge in [-0.1, -0.05) is 6.07 Å². The number of benzene rings is 1. The van der Waals surface area contributed by atoms with Crippen LogP contribution < -0.4 is 10.1 Å². The number of nitrogens with one attached hydrogen (secondary N) is 1. The molecule has 20 heavy (non-hydrogen) atoms. The lowest BCUT2D eigenvalue weighted by Crippen LogP contribution is -2.45. The van der Waals surface area contributed by atoms with E-state index in [9.17, 15) is 9.18 Å². The maximum Gasteiger partial charge on any atom is 0.317 e. The summed E-state index contributed by atoms with van der Waals surface area (Å²) in [4.78, 5) is 13.9. The zero-order valence-corrected chi connectivity index (χ0v) is 12.5. The van der Waals surface area contributed by atoms with Crippen LogP contribution in [0.25, 0.3) is 0 Å². The van der Waals surface area contributed by atoms with Gasteiger partial charge in [-0.15, -0.1) is 0 Å². The molecule has 1 aromatic rings. The molecule has 1 aliphatic rings. The van der Waals surface area contributed by atoms with E-state index in [0.717, 1.165) is 30.2 Å². The van der Waals surface area contributed by atoms with Crippen LogP contribution in [0, 0.1) is 5.82 Å². The molecule has 0 aliphatic carbocycles. The molecule has 1 saturated heterocycles. The lowest BCUT2D eigenvalue weighted by Gasteiger charge is -2.28. The number of hydrogen-bond donors (Lipinski definition) is 1. The lowest BCUT2D eigenvalue weighted by molar-refractivity contribution is 0.199. The standard InChI is InChI=1S/C14H19FN2O2S/c1-10(11-3-4-13(19-2)12(15)9-11)16-14(18)17-5-7-20-8-6-17/h3-4,9-10H,5-8H2,1-2H3,(H,16,18). The predicted molar refractivity (Wildman–Crippen MR) is 78.8 cm³/mol. The van der Waals surface area contributed by atoms with Crippen LogP contribution in [0.2, 0.25) is 0 Å². The van der Waals surface area contributed by atoms with Crippen molar-refractivity contribution < 1.29 is 13.9 Å². The van der Waals surface area contributed by atoms with E-state index >= 15 is 0 Å². The van der Waals surface area contributed by atoms with Crippen LogP contribution in [0.3, 0.4) is 0 Å². The number of methoxy groups -OCH3 is 1. The minimum atomic E-state index is -0.416. The third-order valence-electron chi connectivity index (χ3n) is 3.31. The number of rotatable bonds is 3. The van der Waals surface area contributed by atoms with E-state index in [2.05, 4.69) is 5.32 Å². The molecule has 0 bridgehead atoms. The third kappa shape index (κ3) is 3.56. The fourth-order valence-corrected chi connectivity index (χ4v) is 2.98. The summed E-state index contributed by atoms with van der Waals surface area (Å²) >= 11 is 1.85. The number of hydrogen-bond acceptors (Lipinski definition) is 3. The number of nitrogens with zero attached hydrogens (tertiary/aromatic N) is 1. The number of thioether (sulfide) groups is 1. The number of urea groups is 1. The fourth-order valence-electron chi connectivity index (χ4n) is 2.08. The SMILES string of the molecule is COc1ccc(C(C)NC(=O)N2CCSCC2)cc1F. The van der Waals surface area contributed by atoms with Gasteiger partial charge < -0.3 is 15.0 Å². The molecule has 0 spiro atoms. The number of carbonyl (C=O) groups excluding carboxylic acids is 1. The molecule has 1 aliphatic heterocycles. The van der Waals surface area contributed by atoms with E-state index in [1.54, 1.807) is 17.0 Å². The Bertz CT molecular complexity index is 478. The van der Waals surface area contributed by atoms with Crippen molar-refractivity contribution >= 4 is 17.8 Å². The molecule has 4 nitrogen and oxygen atoms in total. The van der Waals surface area contributed by atoms with Crippen molar-refractivity contribution in [1.82, 2.24) is 10.2 Å². The summed E-state index contributed by atoms with van der Waals surface area (Å²) in [5.41, 5.74) is 0.725. The second kappa shape index (κ2) is 6.83. The average molecular weight is 298 g/mol. The van der Waals surface area contributed by atoms with Crippen molar-refractivity contribution in [2.75, 3.05) is 31.7 Å². The Morgan fingerprint density at radius 3 is 2.75 bits per heavy atom. The molecule has 1 heterocycles. The van der Waals surface area contributed by atoms with Gasteiger partial charge in [0.25, 0.3) is 0 Å². The number of ether oxygens (including phenoxy) is 1. The normalized spacial score (nSPS) is 16.6. The van der Waals surface area contributed by atoms with E-state index in [-0.39, 0.29) is 17.8 Å². The molecule has 1 atom stereocenters. The van der Waals surface area contributed by atoms with Gasteiger partial charge in [0, 0.05) is 24.6 Å². The molecule has 1 aromatic carbocycles. The van der Waals surface area contributed by atoms with Gasteiger partial charge in [0.2, 0.25) is 0 Å². The monoisotopic (exact) mass is 298 g/mol. The van der Waals surface area contributed by atoms with Gasteiger partial charge in [0.15, 0.2) is 11.6 Å². The van der Waals surface area contributed by atoms with Gasteiger partial charge in [0.1, 0.15) is 0 Å². The van der Waals surface area contributed by atoms with Gasteiger partial charge in [-0.25, -0.2) is 9.18 Å². The Kier molecular flexibility index (Phi) is 5.11. The molecular formula is C14H19FN2O2S. The minimum Gasteiger partial charge on any atom is -0.494 e. The van der Waals surface area contributed by atoms with E-state index in [0.29, 0.717) is 0 Å². The average Bonchev–Trinajstić information content (AvgIpc) is 2.48. The Morgan fingerprint density at radius 2 is 2.15 bits per heavy atom. The van der Waals surface area contributed by atoms with Crippen molar-refractivity contribution in [2.45, 2.75) is 13.0 Å². The van der Waals surface area contributed by atoms with Crippen molar-refractivity contribution in [3.63, 3.8) is 0 Å². The smallest absolute Gasteiger partial charge is 0.317 e. The Hall–Kier alpha value is -1.43. The number of halogens is 1. The quantitative estimate of drug-likeness (QED) is 0.933. The largest absolute Gasteiger partial charge is 0.494 e. The molecule has 2 rings (SSSR count). The number of amides is 2. The van der Waals surface area contributed by atoms with Crippen molar-refractivity contribution in [2.24, 2.45) is 0 Å². The number of carbonyl (C=O) groups is 1. The molecule has 0 radical (unpaired) electrons. The first-order chi connectivity index (χ1) is 9.61. The van der Waals surface area contributed by atoms with Crippen LogP contribution in [-0.2, 0) is 0 Å². The maximum absolute atomic E-state index is 13.7. The second-order valence-corrected chi connectivity index (χ2v) is 5.89. The summed E-state index contributed by atoms with van der Waals surface area (Å²) in [6, 6.07) is 4.41. The summed E-state index contributed by atoms with van der Waals surface area (Å²) < 4.78 is 18.5. The first-order valence-electron chi connectivity index (χ1n) is 6.58. The van der Waals surface area contributed by atoms with Gasteiger partial charge >= 0.3 is 6.03 Å². The Balaban J connectivity index is 1.98. The van der Waals surface area contributed by atoms with Gasteiger partial charge in [-0.3, -0.25) is 0 Å². The molecular weight excluding hydrogens is 279 g/mol. The molecule has 6 heteroatoms. The first kappa shape index (κ1) is 15.0. The van der Waals surface area contributed by atoms with Gasteiger partial charge in [-0.05, 0) is 24.6 Å². The topological polar surface area (TPSA) is 41.6 Å². The van der Waals surface area contributed by atoms with Crippen molar-refractivity contribution in [1.29, 1.82) is 0 Å². The van der Waals surface area contributed by atoms with Crippen LogP contribution in [0.1, 0.15) is 18.5 Å². The molecule has 1 fully saturated rings. The molecule has 1 unspecified atom stereocenters. The predicted octanol–water partition coefficient (Wildman–Crippen LogP) is 2.65. The van der Waals surface area contributed by atoms with E-state index < -0.39 is 5.82 Å². The van der Waals surface area contributed by atoms with Crippen LogP contribution in [0.4, 0.5) is 9.18 Å². The minimum absolute atomic E-state index is 0.0889. The van der Waals surface area contributed by atoms with Crippen molar-refractivity contribution in [3.8, 4) is 5.75 Å². The second-order valence-electron chi connectivity index (χ2n) is 4.66. The molecule has 110 valence electrons. The Labute approximate surface area is 122 Å². The van der Waals surface area contributed by atoms with E-state index in [1.165, 1.54) is 13.2 Å². The van der Waals surface area contributed by atoms with Gasteiger partial charge in [0.05, 0.1) is 13.2 Å². The summed E-state index contributed by atoms with van der Waals surface area (Å²) in [6.45, 7) is 3.37.